The van der Waals surface area contributed by atoms with Gasteiger partial charge in [-0.3, -0.25) is 0 Å². The zero-order valence-corrected chi connectivity index (χ0v) is 12.3. The Morgan fingerprint density at radius 2 is 1.85 bits per heavy atom. The first-order valence-electron chi connectivity index (χ1n) is 7.14. The molecule has 0 bridgehead atoms. The highest BCUT2D eigenvalue weighted by molar-refractivity contribution is 7.89. The molecule has 0 unspecified atom stereocenters. The van der Waals surface area contributed by atoms with Crippen molar-refractivity contribution in [2.45, 2.75) is 17.7 Å². The van der Waals surface area contributed by atoms with E-state index >= 15 is 0 Å². The molecule has 0 amide bonds. The molecule has 3 rings (SSSR count). The predicted molar refractivity (Wildman–Crippen MR) is 78.8 cm³/mol. The minimum absolute atomic E-state index is 0.299. The summed E-state index contributed by atoms with van der Waals surface area (Å²) in [6.45, 7) is 3.94. The van der Waals surface area contributed by atoms with Crippen molar-refractivity contribution in [3.63, 3.8) is 0 Å². The number of hydrogen-bond acceptors (Lipinski definition) is 4. The number of benzene rings is 1. The van der Waals surface area contributed by atoms with Gasteiger partial charge in [0.25, 0.3) is 0 Å². The molecule has 1 heterocycles. The zero-order valence-electron chi connectivity index (χ0n) is 11.5. The average molecular weight is 295 g/mol. The SMILES string of the molecule is Nc1cccc(S(=O)(=O)N2CCN(CC3CC3)CC2)c1. The molecule has 2 N–H and O–H groups in total. The molecule has 1 aromatic carbocycles. The molecule has 0 radical (unpaired) electrons. The molecule has 2 aliphatic rings. The van der Waals surface area contributed by atoms with Crippen LogP contribution < -0.4 is 5.73 Å². The van der Waals surface area contributed by atoms with E-state index in [-0.39, 0.29) is 0 Å². The van der Waals surface area contributed by atoms with Crippen LogP contribution in [0.4, 0.5) is 5.69 Å². The molecular formula is C14H21N3O2S. The number of sulfonamides is 1. The van der Waals surface area contributed by atoms with Gasteiger partial charge < -0.3 is 10.6 Å². The van der Waals surface area contributed by atoms with E-state index < -0.39 is 10.0 Å². The van der Waals surface area contributed by atoms with E-state index in [2.05, 4.69) is 4.90 Å². The molecule has 1 saturated carbocycles. The summed E-state index contributed by atoms with van der Waals surface area (Å²) in [6.07, 6.45) is 2.67. The van der Waals surface area contributed by atoms with Gasteiger partial charge in [0.05, 0.1) is 4.90 Å². The Hall–Kier alpha value is -1.11. The monoisotopic (exact) mass is 295 g/mol. The predicted octanol–water partition coefficient (Wildman–Crippen LogP) is 0.985. The second kappa shape index (κ2) is 5.35. The summed E-state index contributed by atoms with van der Waals surface area (Å²) in [5.74, 6) is 0.854. The summed E-state index contributed by atoms with van der Waals surface area (Å²) >= 11 is 0. The minimum atomic E-state index is -3.39. The van der Waals surface area contributed by atoms with E-state index in [4.69, 9.17) is 5.73 Å². The number of anilines is 1. The lowest BCUT2D eigenvalue weighted by Crippen LogP contribution is -2.49. The van der Waals surface area contributed by atoms with E-state index in [0.29, 0.717) is 23.7 Å². The van der Waals surface area contributed by atoms with Crippen molar-refractivity contribution in [1.82, 2.24) is 9.21 Å². The zero-order chi connectivity index (χ0) is 14.2. The summed E-state index contributed by atoms with van der Waals surface area (Å²) in [6, 6.07) is 6.53. The Morgan fingerprint density at radius 1 is 1.15 bits per heavy atom. The standard InChI is InChI=1S/C14H21N3O2S/c15-13-2-1-3-14(10-13)20(18,19)17-8-6-16(7-9-17)11-12-4-5-12/h1-3,10,12H,4-9,11,15H2. The largest absolute Gasteiger partial charge is 0.399 e. The van der Waals surface area contributed by atoms with E-state index in [9.17, 15) is 8.42 Å². The molecule has 0 spiro atoms. The second-order valence-corrected chi connectivity index (χ2v) is 7.66. The third-order valence-electron chi connectivity index (χ3n) is 4.04. The molecule has 5 nitrogen and oxygen atoms in total. The molecule has 1 aliphatic heterocycles. The molecule has 1 aromatic rings. The normalized spacial score (nSPS) is 22.0. The first-order chi connectivity index (χ1) is 9.55. The van der Waals surface area contributed by atoms with E-state index in [1.807, 2.05) is 0 Å². The summed E-state index contributed by atoms with van der Waals surface area (Å²) in [5.41, 5.74) is 6.16. The maximum atomic E-state index is 12.5. The third-order valence-corrected chi connectivity index (χ3v) is 5.94. The Bertz CT molecular complexity index is 576. The number of piperazine rings is 1. The highest BCUT2D eigenvalue weighted by Crippen LogP contribution is 2.30. The third kappa shape index (κ3) is 2.97. The summed E-state index contributed by atoms with van der Waals surface area (Å²) < 4.78 is 26.6. The van der Waals surface area contributed by atoms with Crippen molar-refractivity contribution < 1.29 is 8.42 Å². The van der Waals surface area contributed by atoms with Gasteiger partial charge in [0.2, 0.25) is 10.0 Å². The summed E-state index contributed by atoms with van der Waals surface area (Å²) in [5, 5.41) is 0. The second-order valence-electron chi connectivity index (χ2n) is 5.72. The number of nitrogen functional groups attached to an aromatic ring is 1. The van der Waals surface area contributed by atoms with E-state index in [1.165, 1.54) is 18.9 Å². The highest BCUT2D eigenvalue weighted by Gasteiger charge is 2.31. The topological polar surface area (TPSA) is 66.6 Å². The molecule has 1 aliphatic carbocycles. The number of nitrogens with two attached hydrogens (primary N) is 1. The van der Waals surface area contributed by atoms with Crippen molar-refractivity contribution >= 4 is 15.7 Å². The van der Waals surface area contributed by atoms with Crippen LogP contribution in [0.1, 0.15) is 12.8 Å². The lowest BCUT2D eigenvalue weighted by molar-refractivity contribution is 0.182. The Labute approximate surface area is 120 Å². The lowest BCUT2D eigenvalue weighted by Gasteiger charge is -2.34. The fraction of sp³-hybridized carbons (Fsp3) is 0.571. The van der Waals surface area contributed by atoms with Gasteiger partial charge in [-0.1, -0.05) is 6.07 Å². The van der Waals surface area contributed by atoms with Crippen LogP contribution in [0.25, 0.3) is 0 Å². The first kappa shape index (κ1) is 13.9. The van der Waals surface area contributed by atoms with Crippen molar-refractivity contribution in [1.29, 1.82) is 0 Å². The fourth-order valence-electron chi connectivity index (χ4n) is 2.64. The van der Waals surface area contributed by atoms with Gasteiger partial charge >= 0.3 is 0 Å². The smallest absolute Gasteiger partial charge is 0.243 e. The quantitative estimate of drug-likeness (QED) is 0.841. The number of rotatable bonds is 4. The molecule has 6 heteroatoms. The van der Waals surface area contributed by atoms with Gasteiger partial charge in [-0.25, -0.2) is 8.42 Å². The van der Waals surface area contributed by atoms with Crippen LogP contribution in [0.2, 0.25) is 0 Å². The van der Waals surface area contributed by atoms with Gasteiger partial charge in [0.1, 0.15) is 0 Å². The Kier molecular flexibility index (Phi) is 3.70. The molecule has 2 fully saturated rings. The van der Waals surface area contributed by atoms with Crippen LogP contribution >= 0.6 is 0 Å². The van der Waals surface area contributed by atoms with E-state index in [1.54, 1.807) is 22.5 Å². The van der Waals surface area contributed by atoms with Crippen LogP contribution in [0.3, 0.4) is 0 Å². The van der Waals surface area contributed by atoms with Gasteiger partial charge in [-0.05, 0) is 37.0 Å². The molecule has 0 aromatic heterocycles. The Morgan fingerprint density at radius 3 is 2.45 bits per heavy atom. The molecule has 20 heavy (non-hydrogen) atoms. The first-order valence-corrected chi connectivity index (χ1v) is 8.58. The average Bonchev–Trinajstić information content (AvgIpc) is 3.23. The molecule has 110 valence electrons. The number of nitrogens with zero attached hydrogens (tertiary/aromatic N) is 2. The molecule has 0 atom stereocenters. The van der Waals surface area contributed by atoms with Crippen molar-refractivity contribution in [3.8, 4) is 0 Å². The maximum absolute atomic E-state index is 12.5. The van der Waals surface area contributed by atoms with Crippen molar-refractivity contribution in [3.05, 3.63) is 24.3 Å². The van der Waals surface area contributed by atoms with Crippen molar-refractivity contribution in [2.24, 2.45) is 5.92 Å². The summed E-state index contributed by atoms with van der Waals surface area (Å²) in [4.78, 5) is 2.68. The highest BCUT2D eigenvalue weighted by atomic mass is 32.2. The fourth-order valence-corrected chi connectivity index (χ4v) is 4.12. The minimum Gasteiger partial charge on any atom is -0.399 e. The van der Waals surface area contributed by atoms with Crippen LogP contribution in [0.5, 0.6) is 0 Å². The molecule has 1 saturated heterocycles. The van der Waals surface area contributed by atoms with Crippen LogP contribution in [-0.4, -0.2) is 50.3 Å². The van der Waals surface area contributed by atoms with Gasteiger partial charge in [-0.2, -0.15) is 4.31 Å². The van der Waals surface area contributed by atoms with Crippen molar-refractivity contribution in [2.75, 3.05) is 38.5 Å². The maximum Gasteiger partial charge on any atom is 0.243 e. The van der Waals surface area contributed by atoms with E-state index in [0.717, 1.165) is 25.6 Å². The summed E-state index contributed by atoms with van der Waals surface area (Å²) in [7, 11) is -3.39. The number of hydrogen-bond donors (Lipinski definition) is 1. The van der Waals surface area contributed by atoms with Crippen LogP contribution in [-0.2, 0) is 10.0 Å². The van der Waals surface area contributed by atoms with Gasteiger partial charge in [-0.15, -0.1) is 0 Å². The lowest BCUT2D eigenvalue weighted by atomic mass is 10.3. The van der Waals surface area contributed by atoms with Gasteiger partial charge in [0.15, 0.2) is 0 Å². The van der Waals surface area contributed by atoms with Gasteiger partial charge in [0, 0.05) is 38.4 Å². The van der Waals surface area contributed by atoms with Crippen LogP contribution in [0.15, 0.2) is 29.2 Å². The van der Waals surface area contributed by atoms with Crippen LogP contribution in [0, 0.1) is 5.92 Å². The Balaban J connectivity index is 1.66. The molecular weight excluding hydrogens is 274 g/mol.